The first-order valence-corrected chi connectivity index (χ1v) is 40.4. The average Bonchev–Trinajstić information content (AvgIpc) is 1.32. The number of carbonyl (C=O) groups is 6. The predicted molar refractivity (Wildman–Crippen MR) is 426 cm³/mol. The van der Waals surface area contributed by atoms with Gasteiger partial charge in [-0.25, -0.2) is 24.0 Å². The van der Waals surface area contributed by atoms with Crippen LogP contribution in [0.2, 0.25) is 0 Å². The van der Waals surface area contributed by atoms with Gasteiger partial charge in [0, 0.05) is 87.1 Å². The van der Waals surface area contributed by atoms with Gasteiger partial charge < -0.3 is 82.0 Å². The van der Waals surface area contributed by atoms with E-state index in [0.717, 1.165) is 76.3 Å². The Morgan fingerprint density at radius 1 is 0.362 bits per heavy atom. The Kier molecular flexibility index (Phi) is 25.9. The van der Waals surface area contributed by atoms with Gasteiger partial charge in [0.1, 0.15) is 45.3 Å². The Morgan fingerprint density at radius 3 is 1.06 bits per heavy atom. The fourth-order valence-electron chi connectivity index (χ4n) is 17.0. The minimum absolute atomic E-state index is 0.0000633. The molecule has 28 heteroatoms. The summed E-state index contributed by atoms with van der Waals surface area (Å²) in [5, 5.41) is 40.0. The van der Waals surface area contributed by atoms with Crippen LogP contribution in [0, 0.1) is 0 Å². The zero-order valence-electron chi connectivity index (χ0n) is 69.9. The lowest BCUT2D eigenvalue weighted by molar-refractivity contribution is -0.0784. The SMILES string of the molecule is CC(C)(C)OC(=O)N1CCO[C@@H]2Cc3c(O)cccc3C[C@H]21.CC(C)(C)OC(=O)N1CCO[C@@H]2Cc3c(ccc(C=O)c3O)C[C@H]21.CC(C)(C)OC(=O)N1CCO[C@@H]2Cc3c(ccc(O)c3O)C[C@H]21.CC(C)(C)OC(=O)N1CCO[C@@H]2Cc3c(ccc4c3OCO4)C[C@H]21.COc1cccc2c1C[C@H]1OCCN(C(=O)OC(C)(C)C)[C@@H]1C2. The third-order valence-electron chi connectivity index (χ3n) is 22.1. The van der Waals surface area contributed by atoms with Crippen molar-refractivity contribution in [3.8, 4) is 40.2 Å². The molecule has 0 saturated carbocycles. The maximum Gasteiger partial charge on any atom is 0.410 e. The third kappa shape index (κ3) is 20.4. The number of hydrogen-bond donors (Lipinski definition) is 4. The van der Waals surface area contributed by atoms with Gasteiger partial charge in [-0.3, -0.25) is 29.3 Å². The Bertz CT molecular complexity index is 4400. The summed E-state index contributed by atoms with van der Waals surface area (Å²) < 4.78 is 73.6. The van der Waals surface area contributed by atoms with E-state index in [2.05, 4.69) is 12.1 Å². The molecule has 4 N–H and O–H groups in total. The van der Waals surface area contributed by atoms with Crippen molar-refractivity contribution in [3.63, 3.8) is 0 Å². The third-order valence-corrected chi connectivity index (χ3v) is 22.1. The largest absolute Gasteiger partial charge is 0.508 e. The number of rotatable bonds is 2. The van der Waals surface area contributed by atoms with Crippen LogP contribution in [0.25, 0.3) is 0 Å². The Morgan fingerprint density at radius 2 is 0.681 bits per heavy atom. The van der Waals surface area contributed by atoms with Crippen LogP contribution in [0.3, 0.4) is 0 Å². The standard InChI is InChI=1S/2C18H23NO5.C18H25NO4.C17H23NO5.C17H23NO4/c1-18(2,3)24-17(20)19-6-7-21-15-9-12-11(8-13(15)19)4-5-14-16(12)23-10-22-14;1-18(2,3)24-17(22)19-6-7-23-15-9-13-11(8-14(15)19)4-5-12(10-20)16(13)21;1-18(2,3)23-17(20)19-8-9-22-16-11-13-12(10-14(16)19)6-5-7-15(13)21-4;1-17(2,3)23-16(21)18-6-7-22-14-9-11-10(8-12(14)18)4-5-13(19)15(11)20;1-17(2,3)22-16(20)18-7-8-21-15-10-12-11(9-13(15)18)5-4-6-14(12)19/h4-5,13,15H,6-10H2,1-3H3;4-5,10,14-15,21H,6-9H2,1-3H3;5-7,14,16H,8-11H2,1-4H3;4-5,12,14,19-20H,6-9H2,1-3H3;4-6,13,15,19H,7-10H2,1-3H3/t13-,15-;14-,15-;14-,16-;12-,14-;13-,15-/m11111/s1. The van der Waals surface area contributed by atoms with Crippen LogP contribution in [0.5, 0.6) is 40.2 Å². The summed E-state index contributed by atoms with van der Waals surface area (Å²) >= 11 is 0. The van der Waals surface area contributed by atoms with E-state index in [4.69, 9.17) is 61.6 Å². The van der Waals surface area contributed by atoms with Crippen LogP contribution >= 0.6 is 0 Å². The van der Waals surface area contributed by atoms with Gasteiger partial charge in [0.15, 0.2) is 29.3 Å². The number of hydrogen-bond acceptors (Lipinski definition) is 23. The fourth-order valence-corrected chi connectivity index (χ4v) is 17.0. The molecular weight excluding hydrogens is 1490 g/mol. The smallest absolute Gasteiger partial charge is 0.410 e. The summed E-state index contributed by atoms with van der Waals surface area (Å²) in [6, 6.07) is 22.2. The summed E-state index contributed by atoms with van der Waals surface area (Å²) in [5.41, 5.74) is 7.82. The minimum Gasteiger partial charge on any atom is -0.508 e. The molecule has 6 aliphatic heterocycles. The second-order valence-corrected chi connectivity index (χ2v) is 36.1. The van der Waals surface area contributed by atoms with E-state index in [1.54, 1.807) is 40.0 Å². The zero-order chi connectivity index (χ0) is 83.7. The number of phenolic OH excluding ortho intramolecular Hbond substituents is 4. The maximum absolute atomic E-state index is 12.6. The highest BCUT2D eigenvalue weighted by molar-refractivity contribution is 5.81. The molecular formula is C88H117N5O23. The highest BCUT2D eigenvalue weighted by Crippen LogP contribution is 2.45. The van der Waals surface area contributed by atoms with Crippen molar-refractivity contribution in [1.29, 1.82) is 0 Å². The topological polar surface area (TPSA) is 320 Å². The van der Waals surface area contributed by atoms with Crippen molar-refractivity contribution in [2.45, 2.75) is 257 Å². The highest BCUT2D eigenvalue weighted by Gasteiger charge is 2.48. The maximum atomic E-state index is 12.6. The molecule has 5 amide bonds. The fraction of sp³-hybridized carbons (Fsp3) is 0.591. The van der Waals surface area contributed by atoms with Crippen LogP contribution in [0.4, 0.5) is 24.0 Å². The molecule has 0 spiro atoms. The van der Waals surface area contributed by atoms with Crippen LogP contribution in [-0.2, 0) is 112 Å². The average molecular weight is 1610 g/mol. The molecule has 5 aliphatic carbocycles. The zero-order valence-corrected chi connectivity index (χ0v) is 69.9. The van der Waals surface area contributed by atoms with Crippen molar-refractivity contribution < 1.29 is 111 Å². The number of morpholine rings is 5. The van der Waals surface area contributed by atoms with E-state index in [0.29, 0.717) is 122 Å². The van der Waals surface area contributed by atoms with Gasteiger partial charge in [0.05, 0.1) is 106 Å². The number of nitrogens with zero attached hydrogens (tertiary/aromatic N) is 5. The van der Waals surface area contributed by atoms with Gasteiger partial charge in [-0.1, -0.05) is 42.5 Å². The van der Waals surface area contributed by atoms with Crippen molar-refractivity contribution in [1.82, 2.24) is 24.5 Å². The van der Waals surface area contributed by atoms with Gasteiger partial charge in [-0.15, -0.1) is 0 Å². The molecule has 0 aromatic heterocycles. The number of aromatic hydroxyl groups is 4. The van der Waals surface area contributed by atoms with E-state index in [-0.39, 0.29) is 121 Å². The highest BCUT2D eigenvalue weighted by atomic mass is 16.7. The lowest BCUT2D eigenvalue weighted by atomic mass is 9.83. The minimum atomic E-state index is -0.547. The number of methoxy groups -OCH3 is 1. The van der Waals surface area contributed by atoms with E-state index in [1.165, 1.54) is 22.8 Å². The Balaban J connectivity index is 0.000000134. The molecule has 5 aromatic carbocycles. The van der Waals surface area contributed by atoms with Crippen LogP contribution < -0.4 is 14.2 Å². The molecule has 0 radical (unpaired) electrons. The molecule has 28 nitrogen and oxygen atoms in total. The molecule has 5 aromatic rings. The quantitative estimate of drug-likeness (QED) is 0.0725. The lowest BCUT2D eigenvalue weighted by Crippen LogP contribution is -2.57. The summed E-state index contributed by atoms with van der Waals surface area (Å²) in [7, 11) is 1.69. The van der Waals surface area contributed by atoms with Crippen LogP contribution in [0.15, 0.2) is 72.8 Å². The summed E-state index contributed by atoms with van der Waals surface area (Å²) in [4.78, 5) is 82.4. The first-order valence-electron chi connectivity index (χ1n) is 40.4. The van der Waals surface area contributed by atoms with Gasteiger partial charge in [-0.2, -0.15) is 0 Å². The first kappa shape index (κ1) is 85.9. The number of ether oxygens (including phenoxy) is 13. The van der Waals surface area contributed by atoms with E-state index in [1.807, 2.05) is 150 Å². The molecule has 16 rings (SSSR count). The number of phenols is 4. The number of aldehydes is 1. The van der Waals surface area contributed by atoms with E-state index >= 15 is 0 Å². The summed E-state index contributed by atoms with van der Waals surface area (Å²) in [5.74, 6) is 2.67. The van der Waals surface area contributed by atoms with Crippen molar-refractivity contribution in [3.05, 3.63) is 134 Å². The lowest BCUT2D eigenvalue weighted by Gasteiger charge is -2.44. The number of benzene rings is 5. The molecule has 10 atom stereocenters. The molecule has 11 aliphatic rings. The molecule has 632 valence electrons. The van der Waals surface area contributed by atoms with Crippen molar-refractivity contribution in [2.24, 2.45) is 0 Å². The van der Waals surface area contributed by atoms with Crippen molar-refractivity contribution in [2.75, 3.05) is 79.7 Å². The van der Waals surface area contributed by atoms with Gasteiger partial charge in [0.25, 0.3) is 0 Å². The summed E-state index contributed by atoms with van der Waals surface area (Å²) in [6.45, 7) is 33.4. The molecule has 6 heterocycles. The van der Waals surface area contributed by atoms with E-state index in [9.17, 15) is 49.2 Å². The Labute approximate surface area is 679 Å². The molecule has 0 bridgehead atoms. The molecule has 5 fully saturated rings. The monoisotopic (exact) mass is 1610 g/mol. The second kappa shape index (κ2) is 35.0. The number of fused-ring (bicyclic) bond motifs is 12. The first-order chi connectivity index (χ1) is 54.7. The van der Waals surface area contributed by atoms with Crippen LogP contribution in [-0.4, -0.2) is 250 Å². The Hall–Kier alpha value is -9.48. The number of carbonyl (C=O) groups excluding carboxylic acids is 6. The molecule has 5 saturated heterocycles. The molecule has 0 unspecified atom stereocenters. The van der Waals surface area contributed by atoms with E-state index < -0.39 is 28.0 Å². The van der Waals surface area contributed by atoms with Gasteiger partial charge >= 0.3 is 30.5 Å². The summed E-state index contributed by atoms with van der Waals surface area (Å²) in [6.07, 6.45) is 5.12. The second-order valence-electron chi connectivity index (χ2n) is 36.1. The predicted octanol–water partition coefficient (Wildman–Crippen LogP) is 12.3. The van der Waals surface area contributed by atoms with Gasteiger partial charge in [0.2, 0.25) is 6.79 Å². The number of amides is 5. The van der Waals surface area contributed by atoms with Crippen LogP contribution in [0.1, 0.15) is 170 Å². The molecule has 116 heavy (non-hydrogen) atoms. The van der Waals surface area contributed by atoms with Crippen molar-refractivity contribution >= 4 is 36.8 Å². The normalized spacial score (nSPS) is 24.1. The van der Waals surface area contributed by atoms with Gasteiger partial charge in [-0.05, 0) is 200 Å².